The molecule has 6 nitrogen and oxygen atoms in total. The maximum absolute atomic E-state index is 11.8. The van der Waals surface area contributed by atoms with Gasteiger partial charge in [0.25, 0.3) is 11.8 Å². The van der Waals surface area contributed by atoms with Gasteiger partial charge >= 0.3 is 0 Å². The molecule has 0 spiro atoms. The predicted octanol–water partition coefficient (Wildman–Crippen LogP) is 1.72. The third kappa shape index (κ3) is 4.45. The van der Waals surface area contributed by atoms with E-state index in [0.717, 1.165) is 6.42 Å². The zero-order valence-corrected chi connectivity index (χ0v) is 11.9. The Morgan fingerprint density at radius 2 is 1.90 bits per heavy atom. The largest absolute Gasteiger partial charge is 0.478 e. The van der Waals surface area contributed by atoms with Gasteiger partial charge in [-0.1, -0.05) is 18.2 Å². The van der Waals surface area contributed by atoms with Crippen molar-refractivity contribution >= 4 is 11.7 Å². The summed E-state index contributed by atoms with van der Waals surface area (Å²) in [4.78, 5) is 20.0. The molecule has 1 aromatic heterocycles. The topological polar surface area (TPSA) is 76.1 Å². The summed E-state index contributed by atoms with van der Waals surface area (Å²) in [6.45, 7) is 1.26. The minimum atomic E-state index is -0.0623. The van der Waals surface area contributed by atoms with Gasteiger partial charge in [-0.2, -0.15) is 0 Å². The van der Waals surface area contributed by atoms with Crippen molar-refractivity contribution in [2.45, 2.75) is 6.42 Å². The lowest BCUT2D eigenvalue weighted by Gasteiger charge is -2.09. The van der Waals surface area contributed by atoms with Crippen LogP contribution in [0.4, 0.5) is 5.82 Å². The number of amides is 1. The van der Waals surface area contributed by atoms with E-state index in [1.165, 1.54) is 0 Å². The lowest BCUT2D eigenvalue weighted by Crippen LogP contribution is -2.25. The second kappa shape index (κ2) is 7.84. The number of carbonyl (C=O) groups is 1. The third-order valence-electron chi connectivity index (χ3n) is 2.83. The van der Waals surface area contributed by atoms with E-state index in [-0.39, 0.29) is 5.91 Å². The number of hydrogen-bond acceptors (Lipinski definition) is 5. The number of carbonyl (C=O) groups excluding carboxylic acids is 1. The first kappa shape index (κ1) is 14.8. The fraction of sp³-hybridized carbons (Fsp3) is 0.267. The van der Waals surface area contributed by atoms with Gasteiger partial charge in [-0.3, -0.25) is 4.79 Å². The van der Waals surface area contributed by atoms with E-state index in [1.807, 2.05) is 18.2 Å². The quantitative estimate of drug-likeness (QED) is 0.758. The highest BCUT2D eigenvalue weighted by atomic mass is 16.5. The average Bonchev–Trinajstić information content (AvgIpc) is 2.55. The number of hydrogen-bond donors (Lipinski definition) is 2. The van der Waals surface area contributed by atoms with Gasteiger partial charge in [0.2, 0.25) is 0 Å². The molecule has 0 bridgehead atoms. The summed E-state index contributed by atoms with van der Waals surface area (Å²) in [7, 11) is 1.55. The molecule has 6 heteroatoms. The van der Waals surface area contributed by atoms with Crippen molar-refractivity contribution in [3.8, 4) is 5.88 Å². The van der Waals surface area contributed by atoms with Gasteiger partial charge in [-0.15, -0.1) is 0 Å². The molecule has 0 aliphatic rings. The second-order valence-corrected chi connectivity index (χ2v) is 4.32. The Morgan fingerprint density at radius 3 is 2.67 bits per heavy atom. The van der Waals surface area contributed by atoms with E-state index in [0.29, 0.717) is 30.4 Å². The van der Waals surface area contributed by atoms with E-state index >= 15 is 0 Å². The van der Waals surface area contributed by atoms with Crippen LogP contribution in [-0.2, 0) is 0 Å². The number of anilines is 1. The van der Waals surface area contributed by atoms with Gasteiger partial charge in [-0.25, -0.2) is 9.97 Å². The summed E-state index contributed by atoms with van der Waals surface area (Å²) < 4.78 is 5.09. The molecule has 2 rings (SSSR count). The third-order valence-corrected chi connectivity index (χ3v) is 2.83. The number of ether oxygens (including phenoxy) is 1. The van der Waals surface area contributed by atoms with Gasteiger partial charge in [0.05, 0.1) is 7.11 Å². The van der Waals surface area contributed by atoms with Gasteiger partial charge in [-0.05, 0) is 18.6 Å². The summed E-state index contributed by atoms with van der Waals surface area (Å²) in [5, 5.41) is 6.00. The first-order chi connectivity index (χ1) is 10.3. The molecule has 0 radical (unpaired) electrons. The number of nitrogens with zero attached hydrogens (tertiary/aromatic N) is 2. The monoisotopic (exact) mass is 286 g/mol. The normalized spacial score (nSPS) is 9.95. The maximum atomic E-state index is 11.8. The molecule has 2 aromatic rings. The number of methoxy groups -OCH3 is 1. The Bertz CT molecular complexity index is 575. The molecule has 0 saturated heterocycles. The zero-order chi connectivity index (χ0) is 14.9. The fourth-order valence-electron chi connectivity index (χ4n) is 1.78. The van der Waals surface area contributed by atoms with Crippen LogP contribution in [0, 0.1) is 0 Å². The van der Waals surface area contributed by atoms with Crippen molar-refractivity contribution in [2.75, 3.05) is 25.5 Å². The predicted molar refractivity (Wildman–Crippen MR) is 80.5 cm³/mol. The molecule has 110 valence electrons. The molecule has 2 N–H and O–H groups in total. The van der Waals surface area contributed by atoms with Crippen LogP contribution in [0.15, 0.2) is 42.7 Å². The van der Waals surface area contributed by atoms with Crippen LogP contribution < -0.4 is 15.4 Å². The average molecular weight is 286 g/mol. The van der Waals surface area contributed by atoms with Crippen molar-refractivity contribution in [1.82, 2.24) is 15.3 Å². The Hall–Kier alpha value is -2.63. The molecule has 0 aliphatic carbocycles. The highest BCUT2D eigenvalue weighted by Gasteiger charge is 2.05. The van der Waals surface area contributed by atoms with Crippen LogP contribution in [0.5, 0.6) is 5.88 Å². The van der Waals surface area contributed by atoms with E-state index in [4.69, 9.17) is 4.74 Å². The molecule has 1 aromatic carbocycles. The van der Waals surface area contributed by atoms with Crippen molar-refractivity contribution in [2.24, 2.45) is 0 Å². The van der Waals surface area contributed by atoms with E-state index in [2.05, 4.69) is 20.6 Å². The lowest BCUT2D eigenvalue weighted by molar-refractivity contribution is 0.0953. The molecule has 1 amide bonds. The van der Waals surface area contributed by atoms with Crippen LogP contribution in [0.25, 0.3) is 0 Å². The van der Waals surface area contributed by atoms with Crippen LogP contribution in [0.3, 0.4) is 0 Å². The summed E-state index contributed by atoms with van der Waals surface area (Å²) in [5.41, 5.74) is 0.668. The molecule has 21 heavy (non-hydrogen) atoms. The molecular weight excluding hydrogens is 268 g/mol. The molecule has 0 unspecified atom stereocenters. The first-order valence-electron chi connectivity index (χ1n) is 6.73. The smallest absolute Gasteiger partial charge is 0.257 e. The maximum Gasteiger partial charge on any atom is 0.257 e. The Labute approximate surface area is 123 Å². The molecule has 0 fully saturated rings. The number of nitrogens with one attached hydrogen (secondary N) is 2. The molecule has 0 saturated carbocycles. The van der Waals surface area contributed by atoms with Crippen molar-refractivity contribution in [3.05, 3.63) is 48.3 Å². The second-order valence-electron chi connectivity index (χ2n) is 4.32. The summed E-state index contributed by atoms with van der Waals surface area (Å²) in [6, 6.07) is 9.15. The van der Waals surface area contributed by atoms with Crippen LogP contribution in [-0.4, -0.2) is 36.1 Å². The van der Waals surface area contributed by atoms with Crippen molar-refractivity contribution < 1.29 is 9.53 Å². The van der Waals surface area contributed by atoms with Crippen LogP contribution >= 0.6 is 0 Å². The van der Waals surface area contributed by atoms with Crippen molar-refractivity contribution in [3.63, 3.8) is 0 Å². The highest BCUT2D eigenvalue weighted by molar-refractivity contribution is 5.94. The summed E-state index contributed by atoms with van der Waals surface area (Å²) >= 11 is 0. The van der Waals surface area contributed by atoms with Gasteiger partial charge in [0.15, 0.2) is 5.82 Å². The SMILES string of the molecule is COc1nccnc1NCCCNC(=O)c1ccccc1. The van der Waals surface area contributed by atoms with E-state index < -0.39 is 0 Å². The fourth-order valence-corrected chi connectivity index (χ4v) is 1.78. The zero-order valence-electron chi connectivity index (χ0n) is 11.9. The summed E-state index contributed by atoms with van der Waals surface area (Å²) in [6.07, 6.45) is 3.95. The van der Waals surface area contributed by atoms with E-state index in [9.17, 15) is 4.79 Å². The minimum absolute atomic E-state index is 0.0623. The van der Waals surface area contributed by atoms with Crippen LogP contribution in [0.1, 0.15) is 16.8 Å². The number of rotatable bonds is 7. The standard InChI is InChI=1S/C15H18N4O2/c1-21-15-13(17-10-11-19-15)16-8-5-9-18-14(20)12-6-3-2-4-7-12/h2-4,6-7,10-11H,5,8-9H2,1H3,(H,16,17)(H,18,20). The van der Waals surface area contributed by atoms with Gasteiger partial charge < -0.3 is 15.4 Å². The molecule has 0 atom stereocenters. The Balaban J connectivity index is 1.70. The molecule has 0 aliphatic heterocycles. The summed E-state index contributed by atoms with van der Waals surface area (Å²) in [5.74, 6) is 1.01. The van der Waals surface area contributed by atoms with E-state index in [1.54, 1.807) is 31.6 Å². The lowest BCUT2D eigenvalue weighted by atomic mass is 10.2. The minimum Gasteiger partial charge on any atom is -0.478 e. The Kier molecular flexibility index (Phi) is 5.51. The highest BCUT2D eigenvalue weighted by Crippen LogP contribution is 2.15. The molecule has 1 heterocycles. The Morgan fingerprint density at radius 1 is 1.14 bits per heavy atom. The van der Waals surface area contributed by atoms with Gasteiger partial charge in [0, 0.05) is 31.0 Å². The first-order valence-corrected chi connectivity index (χ1v) is 6.73. The number of benzene rings is 1. The van der Waals surface area contributed by atoms with Gasteiger partial charge in [0.1, 0.15) is 0 Å². The molecular formula is C15H18N4O2. The number of aromatic nitrogens is 2. The van der Waals surface area contributed by atoms with Crippen molar-refractivity contribution in [1.29, 1.82) is 0 Å². The van der Waals surface area contributed by atoms with Crippen LogP contribution in [0.2, 0.25) is 0 Å².